The molecule has 2 N–H and O–H groups in total. The van der Waals surface area contributed by atoms with Gasteiger partial charge in [-0.3, -0.25) is 0 Å². The second-order valence-electron chi connectivity index (χ2n) is 3.21. The van der Waals surface area contributed by atoms with Gasteiger partial charge in [0.2, 0.25) is 0 Å². The van der Waals surface area contributed by atoms with Gasteiger partial charge in [0.05, 0.1) is 0 Å². The molecule has 0 aliphatic heterocycles. The third-order valence-electron chi connectivity index (χ3n) is 2.02. The predicted molar refractivity (Wildman–Crippen MR) is 57.6 cm³/mol. The highest BCUT2D eigenvalue weighted by molar-refractivity contribution is 5.64. The van der Waals surface area contributed by atoms with Crippen molar-refractivity contribution in [2.24, 2.45) is 5.73 Å². The van der Waals surface area contributed by atoms with E-state index in [0.717, 1.165) is 0 Å². The van der Waals surface area contributed by atoms with Gasteiger partial charge in [-0.2, -0.15) is 0 Å². The molecule has 0 heterocycles. The van der Waals surface area contributed by atoms with E-state index in [9.17, 15) is 9.18 Å². The lowest BCUT2D eigenvalue weighted by atomic mass is 10.1. The monoisotopic (exact) mass is 243 g/mol. The Bertz CT molecular complexity index is 372. The molecule has 1 aromatic rings. The second-order valence-corrected chi connectivity index (χ2v) is 3.21. The maximum absolute atomic E-state index is 13.5. The van der Waals surface area contributed by atoms with Crippen molar-refractivity contribution in [2.75, 3.05) is 20.5 Å². The van der Waals surface area contributed by atoms with Gasteiger partial charge in [0.15, 0.2) is 0 Å². The van der Waals surface area contributed by atoms with Crippen molar-refractivity contribution in [3.8, 4) is 0 Å². The first-order chi connectivity index (χ1) is 8.15. The van der Waals surface area contributed by atoms with Crippen LogP contribution in [-0.4, -0.2) is 26.6 Å². The van der Waals surface area contributed by atoms with E-state index in [1.807, 2.05) is 0 Å². The van der Waals surface area contributed by atoms with Crippen molar-refractivity contribution in [2.45, 2.75) is 6.10 Å². The summed E-state index contributed by atoms with van der Waals surface area (Å²) in [5.41, 5.74) is 5.13. The first-order valence-electron chi connectivity index (χ1n) is 4.92. The molecule has 6 heteroatoms. The van der Waals surface area contributed by atoms with Crippen LogP contribution in [0.5, 0.6) is 0 Å². The summed E-state index contributed by atoms with van der Waals surface area (Å²) in [6, 6.07) is 6.05. The van der Waals surface area contributed by atoms with Crippen molar-refractivity contribution in [1.82, 2.24) is 0 Å². The molecule has 0 bridgehead atoms. The highest BCUT2D eigenvalue weighted by Crippen LogP contribution is 2.20. The van der Waals surface area contributed by atoms with Crippen LogP contribution in [0.15, 0.2) is 24.3 Å². The number of amides is 1. The summed E-state index contributed by atoms with van der Waals surface area (Å²) in [5, 5.41) is 0. The standard InChI is InChI=1S/C11H14FNO4/c1-15-7-17-10(6-16-11(13)14)8-4-2-3-5-9(8)12/h2-5,10H,6-7H2,1H3,(H2,13,14)/t10-/m1/s1. The van der Waals surface area contributed by atoms with Crippen molar-refractivity contribution >= 4 is 6.09 Å². The lowest BCUT2D eigenvalue weighted by Crippen LogP contribution is -2.20. The van der Waals surface area contributed by atoms with Crippen molar-refractivity contribution in [3.63, 3.8) is 0 Å². The molecule has 17 heavy (non-hydrogen) atoms. The van der Waals surface area contributed by atoms with Gasteiger partial charge in [0.1, 0.15) is 25.3 Å². The van der Waals surface area contributed by atoms with Gasteiger partial charge in [-0.1, -0.05) is 18.2 Å². The molecule has 0 fully saturated rings. The normalized spacial score (nSPS) is 12.1. The maximum atomic E-state index is 13.5. The number of rotatable bonds is 6. The van der Waals surface area contributed by atoms with E-state index in [1.165, 1.54) is 13.2 Å². The smallest absolute Gasteiger partial charge is 0.404 e. The molecule has 94 valence electrons. The quantitative estimate of drug-likeness (QED) is 0.770. The summed E-state index contributed by atoms with van der Waals surface area (Å²) >= 11 is 0. The highest BCUT2D eigenvalue weighted by Gasteiger charge is 2.17. The van der Waals surface area contributed by atoms with E-state index < -0.39 is 18.0 Å². The number of benzene rings is 1. The minimum atomic E-state index is -0.938. The van der Waals surface area contributed by atoms with Crippen LogP contribution in [0.25, 0.3) is 0 Å². The van der Waals surface area contributed by atoms with Gasteiger partial charge in [-0.25, -0.2) is 9.18 Å². The number of hydrogen-bond donors (Lipinski definition) is 1. The third-order valence-corrected chi connectivity index (χ3v) is 2.02. The van der Waals surface area contributed by atoms with Crippen LogP contribution in [0.3, 0.4) is 0 Å². The molecule has 0 aliphatic carbocycles. The topological polar surface area (TPSA) is 70.8 Å². The Hall–Kier alpha value is -1.66. The summed E-state index contributed by atoms with van der Waals surface area (Å²) in [6.45, 7) is -0.208. The number of carbonyl (C=O) groups is 1. The average Bonchev–Trinajstić information content (AvgIpc) is 2.30. The van der Waals surface area contributed by atoms with Gasteiger partial charge in [-0.05, 0) is 6.07 Å². The molecule has 0 radical (unpaired) electrons. The number of ether oxygens (including phenoxy) is 3. The lowest BCUT2D eigenvalue weighted by Gasteiger charge is -2.17. The van der Waals surface area contributed by atoms with Gasteiger partial charge >= 0.3 is 6.09 Å². The van der Waals surface area contributed by atoms with Crippen molar-refractivity contribution in [1.29, 1.82) is 0 Å². The van der Waals surface area contributed by atoms with E-state index in [0.29, 0.717) is 0 Å². The fraction of sp³-hybridized carbons (Fsp3) is 0.364. The summed E-state index contributed by atoms with van der Waals surface area (Å²) in [4.78, 5) is 10.5. The Morgan fingerprint density at radius 3 is 2.76 bits per heavy atom. The molecule has 1 aromatic carbocycles. The zero-order chi connectivity index (χ0) is 12.7. The molecular weight excluding hydrogens is 229 g/mol. The SMILES string of the molecule is COCO[C@H](COC(N)=O)c1ccccc1F. The number of halogens is 1. The van der Waals surface area contributed by atoms with E-state index >= 15 is 0 Å². The summed E-state index contributed by atoms with van der Waals surface area (Å²) in [5.74, 6) is -0.443. The molecule has 5 nitrogen and oxygen atoms in total. The second kappa shape index (κ2) is 6.82. The molecular formula is C11H14FNO4. The highest BCUT2D eigenvalue weighted by atomic mass is 19.1. The van der Waals surface area contributed by atoms with E-state index in [4.69, 9.17) is 15.2 Å². The molecule has 1 rings (SSSR count). The summed E-state index contributed by atoms with van der Waals surface area (Å²) in [7, 11) is 1.44. The molecule has 0 saturated heterocycles. The zero-order valence-electron chi connectivity index (χ0n) is 9.39. The minimum absolute atomic E-state index is 0.0406. The van der Waals surface area contributed by atoms with Crippen molar-refractivity contribution < 1.29 is 23.4 Å². The Labute approximate surface area is 98.3 Å². The third kappa shape index (κ3) is 4.38. The Morgan fingerprint density at radius 1 is 1.47 bits per heavy atom. The van der Waals surface area contributed by atoms with E-state index in [2.05, 4.69) is 4.74 Å². The van der Waals surface area contributed by atoms with Gasteiger partial charge in [0.25, 0.3) is 0 Å². The first kappa shape index (κ1) is 13.4. The number of carbonyl (C=O) groups excluding carboxylic acids is 1. The number of hydrogen-bond acceptors (Lipinski definition) is 4. The predicted octanol–water partition coefficient (Wildman–Crippen LogP) is 1.58. The summed E-state index contributed by atoms with van der Waals surface area (Å²) < 4.78 is 28.0. The average molecular weight is 243 g/mol. The van der Waals surface area contributed by atoms with Gasteiger partial charge < -0.3 is 19.9 Å². The lowest BCUT2D eigenvalue weighted by molar-refractivity contribution is -0.0905. The molecule has 1 atom stereocenters. The van der Waals surface area contributed by atoms with Crippen LogP contribution < -0.4 is 5.73 Å². The zero-order valence-corrected chi connectivity index (χ0v) is 9.39. The van der Waals surface area contributed by atoms with E-state index in [-0.39, 0.29) is 19.0 Å². The van der Waals surface area contributed by atoms with Crippen LogP contribution in [0.4, 0.5) is 9.18 Å². The van der Waals surface area contributed by atoms with Gasteiger partial charge in [-0.15, -0.1) is 0 Å². The van der Waals surface area contributed by atoms with Crippen LogP contribution >= 0.6 is 0 Å². The van der Waals surface area contributed by atoms with Crippen LogP contribution in [0.2, 0.25) is 0 Å². The molecule has 0 spiro atoms. The Morgan fingerprint density at radius 2 is 2.18 bits per heavy atom. The first-order valence-corrected chi connectivity index (χ1v) is 4.92. The van der Waals surface area contributed by atoms with Crippen LogP contribution in [0.1, 0.15) is 11.7 Å². The number of primary amides is 1. The van der Waals surface area contributed by atoms with Gasteiger partial charge in [0, 0.05) is 12.7 Å². The Balaban J connectivity index is 2.74. The largest absolute Gasteiger partial charge is 0.447 e. The van der Waals surface area contributed by atoms with Crippen molar-refractivity contribution in [3.05, 3.63) is 35.6 Å². The number of methoxy groups -OCH3 is 1. The fourth-order valence-electron chi connectivity index (χ4n) is 1.27. The Kier molecular flexibility index (Phi) is 5.38. The summed E-state index contributed by atoms with van der Waals surface area (Å²) in [6.07, 6.45) is -1.68. The maximum Gasteiger partial charge on any atom is 0.404 e. The van der Waals surface area contributed by atoms with Crippen LogP contribution in [-0.2, 0) is 14.2 Å². The van der Waals surface area contributed by atoms with Crippen LogP contribution in [0, 0.1) is 5.82 Å². The molecule has 0 unspecified atom stereocenters. The molecule has 0 aliphatic rings. The molecule has 0 saturated carbocycles. The fourth-order valence-corrected chi connectivity index (χ4v) is 1.27. The molecule has 1 amide bonds. The van der Waals surface area contributed by atoms with E-state index in [1.54, 1.807) is 18.2 Å². The minimum Gasteiger partial charge on any atom is -0.447 e. The molecule has 0 aromatic heterocycles. The number of nitrogens with two attached hydrogens (primary N) is 1.